The fourth-order valence-electron chi connectivity index (χ4n) is 1.81. The van der Waals surface area contributed by atoms with Crippen LogP contribution in [0, 0.1) is 18.6 Å². The largest absolute Gasteiger partial charge is 0.207 e. The molecule has 19 heavy (non-hydrogen) atoms. The third-order valence-corrected chi connectivity index (χ3v) is 4.19. The number of hydrogen-bond donors (Lipinski definition) is 0. The second-order valence-corrected chi connectivity index (χ2v) is 5.57. The zero-order valence-corrected chi connectivity index (χ0v) is 12.2. The Hall–Kier alpha value is -1.06. The fraction of sp³-hybridized carbons (Fsp3) is 0.200. The Morgan fingerprint density at radius 3 is 2.26 bits per heavy atom. The highest BCUT2D eigenvalue weighted by Gasteiger charge is 2.17. The van der Waals surface area contributed by atoms with Gasteiger partial charge in [-0.25, -0.2) is 8.78 Å². The molecule has 2 aromatic carbocycles. The number of alkyl halides is 1. The molecule has 1 atom stereocenters. The van der Waals surface area contributed by atoms with Crippen molar-refractivity contribution in [1.29, 1.82) is 0 Å². The van der Waals surface area contributed by atoms with Crippen molar-refractivity contribution in [2.45, 2.75) is 17.2 Å². The van der Waals surface area contributed by atoms with Gasteiger partial charge in [0.15, 0.2) is 0 Å². The quantitative estimate of drug-likeness (QED) is 0.545. The minimum Gasteiger partial charge on any atom is -0.207 e. The smallest absolute Gasteiger partial charge is 0.128 e. The van der Waals surface area contributed by atoms with Gasteiger partial charge in [0.05, 0.1) is 5.38 Å². The van der Waals surface area contributed by atoms with Crippen molar-refractivity contribution in [2.75, 3.05) is 6.26 Å². The van der Waals surface area contributed by atoms with Crippen molar-refractivity contribution in [3.63, 3.8) is 0 Å². The second-order valence-electron chi connectivity index (χ2n) is 4.26. The van der Waals surface area contributed by atoms with Crippen LogP contribution in [-0.4, -0.2) is 6.26 Å². The summed E-state index contributed by atoms with van der Waals surface area (Å²) in [6.07, 6.45) is 1.97. The van der Waals surface area contributed by atoms with E-state index >= 15 is 0 Å². The standard InChI is InChI=1S/C15H13ClF2S/c1-9-7-14(18)12(8-13(9)17)15(16)10-3-5-11(19-2)6-4-10/h3-8,15H,1-2H3. The van der Waals surface area contributed by atoms with Crippen molar-refractivity contribution >= 4 is 23.4 Å². The molecular weight excluding hydrogens is 286 g/mol. The molecule has 0 radical (unpaired) electrons. The summed E-state index contributed by atoms with van der Waals surface area (Å²) in [7, 11) is 0. The SMILES string of the molecule is CSc1ccc(C(Cl)c2cc(F)c(C)cc2F)cc1. The van der Waals surface area contributed by atoms with E-state index in [9.17, 15) is 8.78 Å². The maximum absolute atomic E-state index is 13.9. The topological polar surface area (TPSA) is 0 Å². The molecule has 0 bridgehead atoms. The van der Waals surface area contributed by atoms with Crippen LogP contribution in [0.2, 0.25) is 0 Å². The molecule has 1 unspecified atom stereocenters. The number of aryl methyl sites for hydroxylation is 1. The Kier molecular flexibility index (Phi) is 4.48. The maximum atomic E-state index is 13.9. The number of benzene rings is 2. The molecule has 0 aromatic heterocycles. The molecule has 0 aliphatic carbocycles. The van der Waals surface area contributed by atoms with Gasteiger partial charge < -0.3 is 0 Å². The number of halogens is 3. The molecule has 0 N–H and O–H groups in total. The molecule has 0 aliphatic heterocycles. The van der Waals surface area contributed by atoms with Crippen LogP contribution in [-0.2, 0) is 0 Å². The average Bonchev–Trinajstić information content (AvgIpc) is 2.42. The van der Waals surface area contributed by atoms with Gasteiger partial charge in [-0.15, -0.1) is 23.4 Å². The minimum atomic E-state index is -0.689. The van der Waals surface area contributed by atoms with E-state index in [0.29, 0.717) is 0 Å². The lowest BCUT2D eigenvalue weighted by Crippen LogP contribution is -1.99. The van der Waals surface area contributed by atoms with Gasteiger partial charge in [-0.1, -0.05) is 12.1 Å². The summed E-state index contributed by atoms with van der Waals surface area (Å²) in [6, 6.07) is 9.85. The molecule has 4 heteroatoms. The van der Waals surface area contributed by atoms with Crippen LogP contribution in [0.25, 0.3) is 0 Å². The van der Waals surface area contributed by atoms with E-state index in [1.165, 1.54) is 19.1 Å². The van der Waals surface area contributed by atoms with Gasteiger partial charge in [0, 0.05) is 10.5 Å². The van der Waals surface area contributed by atoms with Crippen LogP contribution in [0.4, 0.5) is 8.78 Å². The summed E-state index contributed by atoms with van der Waals surface area (Å²) in [6.45, 7) is 1.53. The molecule has 0 heterocycles. The van der Waals surface area contributed by atoms with Crippen molar-refractivity contribution < 1.29 is 8.78 Å². The highest BCUT2D eigenvalue weighted by atomic mass is 35.5. The first-order valence-electron chi connectivity index (χ1n) is 5.76. The summed E-state index contributed by atoms with van der Waals surface area (Å²) in [5, 5.41) is -0.689. The number of hydrogen-bond acceptors (Lipinski definition) is 1. The van der Waals surface area contributed by atoms with E-state index in [-0.39, 0.29) is 11.1 Å². The summed E-state index contributed by atoms with van der Waals surface area (Å²) in [4.78, 5) is 1.10. The van der Waals surface area contributed by atoms with Gasteiger partial charge >= 0.3 is 0 Å². The molecule has 0 saturated carbocycles. The van der Waals surface area contributed by atoms with Crippen LogP contribution < -0.4 is 0 Å². The third-order valence-electron chi connectivity index (χ3n) is 2.96. The van der Waals surface area contributed by atoms with Gasteiger partial charge in [0.1, 0.15) is 11.6 Å². The fourth-order valence-corrected chi connectivity index (χ4v) is 2.53. The predicted molar refractivity (Wildman–Crippen MR) is 77.0 cm³/mol. The zero-order chi connectivity index (χ0) is 14.0. The van der Waals surface area contributed by atoms with Crippen LogP contribution >= 0.6 is 23.4 Å². The summed E-state index contributed by atoms with van der Waals surface area (Å²) in [5.74, 6) is -0.921. The Morgan fingerprint density at radius 2 is 1.68 bits per heavy atom. The van der Waals surface area contributed by atoms with E-state index in [1.54, 1.807) is 11.8 Å². The van der Waals surface area contributed by atoms with E-state index in [1.807, 2.05) is 30.5 Å². The first kappa shape index (κ1) is 14.4. The molecule has 0 nitrogen and oxygen atoms in total. The van der Waals surface area contributed by atoms with Crippen LogP contribution in [0.15, 0.2) is 41.3 Å². The highest BCUT2D eigenvalue weighted by molar-refractivity contribution is 7.98. The zero-order valence-electron chi connectivity index (χ0n) is 10.6. The van der Waals surface area contributed by atoms with Crippen molar-refractivity contribution in [2.24, 2.45) is 0 Å². The minimum absolute atomic E-state index is 0.168. The molecule has 2 aromatic rings. The monoisotopic (exact) mass is 298 g/mol. The van der Waals surface area contributed by atoms with Crippen LogP contribution in [0.1, 0.15) is 22.1 Å². The Bertz CT molecular complexity index is 581. The second kappa shape index (κ2) is 5.93. The Morgan fingerprint density at radius 1 is 1.05 bits per heavy atom. The van der Waals surface area contributed by atoms with Gasteiger partial charge in [-0.2, -0.15) is 0 Å². The first-order valence-corrected chi connectivity index (χ1v) is 7.42. The predicted octanol–water partition coefficient (Wildman–Crippen LogP) is 5.32. The highest BCUT2D eigenvalue weighted by Crippen LogP contribution is 2.32. The number of thioether (sulfide) groups is 1. The van der Waals surface area contributed by atoms with Crippen molar-refractivity contribution in [3.8, 4) is 0 Å². The first-order chi connectivity index (χ1) is 9.02. The van der Waals surface area contributed by atoms with Gasteiger partial charge in [-0.3, -0.25) is 0 Å². The molecule has 0 saturated heterocycles. The van der Waals surface area contributed by atoms with Crippen LogP contribution in [0.5, 0.6) is 0 Å². The van der Waals surface area contributed by atoms with E-state index < -0.39 is 17.0 Å². The van der Waals surface area contributed by atoms with Crippen LogP contribution in [0.3, 0.4) is 0 Å². The van der Waals surface area contributed by atoms with Gasteiger partial charge in [0.2, 0.25) is 0 Å². The molecule has 0 amide bonds. The molecule has 0 fully saturated rings. The summed E-state index contributed by atoms with van der Waals surface area (Å²) in [5.41, 5.74) is 1.20. The maximum Gasteiger partial charge on any atom is 0.128 e. The van der Waals surface area contributed by atoms with Gasteiger partial charge in [-0.05, 0) is 48.6 Å². The molecule has 0 aliphatic rings. The molecular formula is C15H13ClF2S. The lowest BCUT2D eigenvalue weighted by molar-refractivity contribution is 0.580. The molecule has 100 valence electrons. The molecule has 0 spiro atoms. The lowest BCUT2D eigenvalue weighted by Gasteiger charge is -2.13. The summed E-state index contributed by atoms with van der Waals surface area (Å²) >= 11 is 7.86. The molecule has 2 rings (SSSR count). The van der Waals surface area contributed by atoms with E-state index in [4.69, 9.17) is 11.6 Å². The summed E-state index contributed by atoms with van der Waals surface area (Å²) < 4.78 is 27.4. The Balaban J connectivity index is 2.37. The lowest BCUT2D eigenvalue weighted by atomic mass is 10.0. The van der Waals surface area contributed by atoms with Crippen molar-refractivity contribution in [1.82, 2.24) is 0 Å². The van der Waals surface area contributed by atoms with E-state index in [0.717, 1.165) is 10.5 Å². The van der Waals surface area contributed by atoms with E-state index in [2.05, 4.69) is 0 Å². The van der Waals surface area contributed by atoms with Crippen molar-refractivity contribution in [3.05, 3.63) is 64.7 Å². The normalized spacial score (nSPS) is 12.5. The third kappa shape index (κ3) is 3.10. The number of rotatable bonds is 3. The Labute approximate surface area is 120 Å². The average molecular weight is 299 g/mol. The van der Waals surface area contributed by atoms with Gasteiger partial charge in [0.25, 0.3) is 0 Å².